The molecule has 0 aromatic heterocycles. The number of carbonyl (C=O) groups is 1. The summed E-state index contributed by atoms with van der Waals surface area (Å²) in [5.41, 5.74) is 11.4. The van der Waals surface area contributed by atoms with Crippen LogP contribution in [0.15, 0.2) is 12.1 Å². The number of nitrogens with two attached hydrogens (primary N) is 2. The van der Waals surface area contributed by atoms with Gasteiger partial charge in [-0.1, -0.05) is 18.5 Å². The fourth-order valence-electron chi connectivity index (χ4n) is 1.20. The van der Waals surface area contributed by atoms with E-state index in [1.165, 1.54) is 12.1 Å². The maximum absolute atomic E-state index is 11.2. The number of anilines is 1. The van der Waals surface area contributed by atoms with Crippen molar-refractivity contribution in [2.24, 2.45) is 5.73 Å². The Balaban J connectivity index is 3.19. The number of rotatable bonds is 4. The molecule has 0 spiro atoms. The highest BCUT2D eigenvalue weighted by molar-refractivity contribution is 6.33. The van der Waals surface area contributed by atoms with Gasteiger partial charge in [0.15, 0.2) is 5.75 Å². The molecule has 1 unspecified atom stereocenters. The van der Waals surface area contributed by atoms with Gasteiger partial charge in [0.1, 0.15) is 0 Å². The van der Waals surface area contributed by atoms with Crippen molar-refractivity contribution < 1.29 is 9.53 Å². The first-order chi connectivity index (χ1) is 7.45. The second-order valence-corrected chi connectivity index (χ2v) is 3.99. The third kappa shape index (κ3) is 2.79. The summed E-state index contributed by atoms with van der Waals surface area (Å²) in [6.07, 6.45) is 0.762. The lowest BCUT2D eigenvalue weighted by Crippen LogP contribution is -2.17. The average Bonchev–Trinajstić information content (AvgIpc) is 2.20. The number of halogens is 1. The van der Waals surface area contributed by atoms with Gasteiger partial charge in [-0.3, -0.25) is 4.79 Å². The van der Waals surface area contributed by atoms with E-state index in [0.717, 1.165) is 6.42 Å². The third-order valence-electron chi connectivity index (χ3n) is 2.23. The molecule has 4 nitrogen and oxygen atoms in total. The zero-order valence-electron chi connectivity index (χ0n) is 9.29. The Morgan fingerprint density at radius 3 is 2.69 bits per heavy atom. The van der Waals surface area contributed by atoms with Gasteiger partial charge in [-0.2, -0.15) is 0 Å². The van der Waals surface area contributed by atoms with Gasteiger partial charge in [0.05, 0.1) is 16.7 Å². The Hall–Kier alpha value is -1.42. The van der Waals surface area contributed by atoms with Crippen LogP contribution >= 0.6 is 11.6 Å². The minimum atomic E-state index is -0.604. The highest BCUT2D eigenvalue weighted by Gasteiger charge is 2.16. The molecule has 0 saturated heterocycles. The van der Waals surface area contributed by atoms with Crippen molar-refractivity contribution in [3.63, 3.8) is 0 Å². The molecule has 0 heterocycles. The summed E-state index contributed by atoms with van der Waals surface area (Å²) < 4.78 is 5.55. The van der Waals surface area contributed by atoms with E-state index in [0.29, 0.717) is 16.5 Å². The second-order valence-electron chi connectivity index (χ2n) is 3.58. The van der Waals surface area contributed by atoms with Gasteiger partial charge in [0.2, 0.25) is 0 Å². The van der Waals surface area contributed by atoms with Crippen LogP contribution in [0.3, 0.4) is 0 Å². The molecule has 0 bridgehead atoms. The summed E-state index contributed by atoms with van der Waals surface area (Å²) in [6.45, 7) is 3.86. The molecule has 5 heteroatoms. The lowest BCUT2D eigenvalue weighted by molar-refractivity contribution is 0.0993. The van der Waals surface area contributed by atoms with E-state index < -0.39 is 5.91 Å². The van der Waals surface area contributed by atoms with Crippen LogP contribution in [-0.4, -0.2) is 12.0 Å². The zero-order valence-corrected chi connectivity index (χ0v) is 10.0. The summed E-state index contributed by atoms with van der Waals surface area (Å²) in [7, 11) is 0. The molecule has 1 amide bonds. The minimum absolute atomic E-state index is 0.0424. The van der Waals surface area contributed by atoms with E-state index in [1.54, 1.807) is 0 Å². The Kier molecular flexibility index (Phi) is 4.01. The Morgan fingerprint density at radius 1 is 1.56 bits per heavy atom. The van der Waals surface area contributed by atoms with Crippen LogP contribution in [0.25, 0.3) is 0 Å². The van der Waals surface area contributed by atoms with Crippen molar-refractivity contribution in [2.45, 2.75) is 26.4 Å². The summed E-state index contributed by atoms with van der Waals surface area (Å²) in [5.74, 6) is -0.301. The lowest BCUT2D eigenvalue weighted by Gasteiger charge is -2.16. The van der Waals surface area contributed by atoms with E-state index in [4.69, 9.17) is 27.8 Å². The maximum Gasteiger partial charge on any atom is 0.252 e. The van der Waals surface area contributed by atoms with Crippen molar-refractivity contribution in [1.82, 2.24) is 0 Å². The first kappa shape index (κ1) is 12.6. The molecule has 0 aliphatic rings. The molecule has 0 aliphatic heterocycles. The van der Waals surface area contributed by atoms with Crippen LogP contribution in [0.5, 0.6) is 5.75 Å². The van der Waals surface area contributed by atoms with Crippen molar-refractivity contribution in [1.29, 1.82) is 0 Å². The molecule has 1 aromatic carbocycles. The number of hydrogen-bond donors (Lipinski definition) is 2. The van der Waals surface area contributed by atoms with Crippen LogP contribution in [-0.2, 0) is 0 Å². The van der Waals surface area contributed by atoms with Gasteiger partial charge in [-0.25, -0.2) is 0 Å². The molecule has 1 atom stereocenters. The fraction of sp³-hybridized carbons (Fsp3) is 0.364. The van der Waals surface area contributed by atoms with E-state index >= 15 is 0 Å². The standard InChI is InChI=1S/C11H15ClN2O2/c1-3-6(2)16-10-8(11(14)15)4-7(13)5-9(10)12/h4-6H,3,13H2,1-2H3,(H2,14,15). The molecule has 88 valence electrons. The van der Waals surface area contributed by atoms with Crippen molar-refractivity contribution in [3.8, 4) is 5.75 Å². The van der Waals surface area contributed by atoms with Crippen LogP contribution in [0.4, 0.5) is 5.69 Å². The summed E-state index contributed by atoms with van der Waals surface area (Å²) >= 11 is 5.97. The molecule has 0 aliphatic carbocycles. The normalized spacial score (nSPS) is 12.2. The highest BCUT2D eigenvalue weighted by Crippen LogP contribution is 2.32. The molecule has 16 heavy (non-hydrogen) atoms. The number of carbonyl (C=O) groups excluding carboxylic acids is 1. The number of ether oxygens (including phenoxy) is 1. The number of primary amides is 1. The number of benzene rings is 1. The van der Waals surface area contributed by atoms with E-state index in [-0.39, 0.29) is 11.7 Å². The van der Waals surface area contributed by atoms with Crippen molar-refractivity contribution in [2.75, 3.05) is 5.73 Å². The zero-order chi connectivity index (χ0) is 12.3. The molecular formula is C11H15ClN2O2. The Labute approximate surface area is 99.5 Å². The summed E-state index contributed by atoms with van der Waals surface area (Å²) in [4.78, 5) is 11.2. The predicted octanol–water partition coefficient (Wildman–Crippen LogP) is 2.20. The van der Waals surface area contributed by atoms with Crippen LogP contribution in [0.1, 0.15) is 30.6 Å². The molecule has 0 saturated carbocycles. The van der Waals surface area contributed by atoms with Crippen LogP contribution in [0.2, 0.25) is 5.02 Å². The molecule has 1 rings (SSSR count). The monoisotopic (exact) mass is 242 g/mol. The Morgan fingerprint density at radius 2 is 2.19 bits per heavy atom. The van der Waals surface area contributed by atoms with Gasteiger partial charge in [0, 0.05) is 5.69 Å². The largest absolute Gasteiger partial charge is 0.488 e. The number of nitrogen functional groups attached to an aromatic ring is 1. The van der Waals surface area contributed by atoms with Crippen molar-refractivity contribution in [3.05, 3.63) is 22.7 Å². The van der Waals surface area contributed by atoms with Crippen LogP contribution in [0, 0.1) is 0 Å². The third-order valence-corrected chi connectivity index (χ3v) is 2.51. The first-order valence-corrected chi connectivity index (χ1v) is 5.39. The number of amides is 1. The van der Waals surface area contributed by atoms with Gasteiger partial charge in [-0.05, 0) is 25.5 Å². The average molecular weight is 243 g/mol. The minimum Gasteiger partial charge on any atom is -0.488 e. The summed E-state index contributed by atoms with van der Waals surface area (Å²) in [6, 6.07) is 3.00. The molecule has 4 N–H and O–H groups in total. The van der Waals surface area contributed by atoms with E-state index in [2.05, 4.69) is 0 Å². The smallest absolute Gasteiger partial charge is 0.252 e. The summed E-state index contributed by atoms with van der Waals surface area (Å²) in [5, 5.41) is 0.300. The quantitative estimate of drug-likeness (QED) is 0.795. The first-order valence-electron chi connectivity index (χ1n) is 5.01. The highest BCUT2D eigenvalue weighted by atomic mass is 35.5. The molecule has 1 aromatic rings. The van der Waals surface area contributed by atoms with Gasteiger partial charge >= 0.3 is 0 Å². The van der Waals surface area contributed by atoms with Gasteiger partial charge in [0.25, 0.3) is 5.91 Å². The second kappa shape index (κ2) is 5.07. The Bertz CT molecular complexity index is 407. The fourth-order valence-corrected chi connectivity index (χ4v) is 1.47. The SMILES string of the molecule is CCC(C)Oc1c(Cl)cc(N)cc1C(N)=O. The maximum atomic E-state index is 11.2. The molecule has 0 radical (unpaired) electrons. The molecule has 0 fully saturated rings. The predicted molar refractivity (Wildman–Crippen MR) is 64.8 cm³/mol. The lowest BCUT2D eigenvalue weighted by atomic mass is 10.1. The van der Waals surface area contributed by atoms with Gasteiger partial charge in [-0.15, -0.1) is 0 Å². The van der Waals surface area contributed by atoms with Crippen molar-refractivity contribution >= 4 is 23.2 Å². The topological polar surface area (TPSA) is 78.3 Å². The van der Waals surface area contributed by atoms with Gasteiger partial charge < -0.3 is 16.2 Å². The number of hydrogen-bond acceptors (Lipinski definition) is 3. The van der Waals surface area contributed by atoms with Crippen LogP contribution < -0.4 is 16.2 Å². The van der Waals surface area contributed by atoms with E-state index in [9.17, 15) is 4.79 Å². The van der Waals surface area contributed by atoms with E-state index in [1.807, 2.05) is 13.8 Å². The molecular weight excluding hydrogens is 228 g/mol.